The van der Waals surface area contributed by atoms with Crippen molar-refractivity contribution in [3.05, 3.63) is 23.8 Å². The highest BCUT2D eigenvalue weighted by molar-refractivity contribution is 6.01. The van der Waals surface area contributed by atoms with Gasteiger partial charge in [0.1, 0.15) is 6.29 Å². The number of carbonyl (C=O) groups is 2. The molecule has 2 unspecified atom stereocenters. The van der Waals surface area contributed by atoms with E-state index in [-0.39, 0.29) is 34.6 Å². The van der Waals surface area contributed by atoms with Crippen molar-refractivity contribution in [2.45, 2.75) is 59.0 Å². The van der Waals surface area contributed by atoms with Crippen molar-refractivity contribution in [3.63, 3.8) is 0 Å². The van der Waals surface area contributed by atoms with Gasteiger partial charge in [0.05, 0.1) is 6.10 Å². The van der Waals surface area contributed by atoms with Crippen molar-refractivity contribution in [1.82, 2.24) is 0 Å². The third kappa shape index (κ3) is 2.27. The third-order valence-corrected chi connectivity index (χ3v) is 8.50. The largest absolute Gasteiger partial charge is 0.392 e. The lowest BCUT2D eigenvalue weighted by Crippen LogP contribution is -2.55. The fourth-order valence-electron chi connectivity index (χ4n) is 7.17. The maximum Gasteiger partial charge on any atom is 0.178 e. The molecule has 0 spiro atoms. The number of aliphatic hydroxyl groups excluding tert-OH is 1. The van der Waals surface area contributed by atoms with Crippen LogP contribution in [0.1, 0.15) is 52.9 Å². The van der Waals surface area contributed by atoms with Crippen molar-refractivity contribution in [2.24, 2.45) is 40.4 Å². The van der Waals surface area contributed by atoms with Gasteiger partial charge < -0.3 is 9.90 Å². The number of fused-ring (bicyclic) bond motifs is 5. The molecule has 0 amide bonds. The molecule has 4 aliphatic rings. The van der Waals surface area contributed by atoms with Crippen LogP contribution >= 0.6 is 0 Å². The average Bonchev–Trinajstić information content (AvgIpc) is 2.93. The standard InChI is InChI=1S/C22H30O3/c1-13(12-23)16-4-5-17-20-18(7-9-22(16,17)3)21(2)8-6-15(24)10-14(21)11-19(20)25/h6,8,10,12-13,16-20,25H,4-5,7,9,11H2,1-3H3/t13?,16-,17+,18+,19?,20+,21+,22-/m1/s1. The summed E-state index contributed by atoms with van der Waals surface area (Å²) in [5, 5.41) is 11.0. The monoisotopic (exact) mass is 342 g/mol. The van der Waals surface area contributed by atoms with E-state index in [1.165, 1.54) is 0 Å². The van der Waals surface area contributed by atoms with Crippen LogP contribution in [-0.4, -0.2) is 23.3 Å². The molecule has 0 heterocycles. The van der Waals surface area contributed by atoms with Gasteiger partial charge in [-0.3, -0.25) is 4.79 Å². The zero-order valence-corrected chi connectivity index (χ0v) is 15.6. The summed E-state index contributed by atoms with van der Waals surface area (Å²) in [7, 11) is 0. The van der Waals surface area contributed by atoms with E-state index in [1.807, 2.05) is 0 Å². The van der Waals surface area contributed by atoms with Crippen molar-refractivity contribution in [3.8, 4) is 0 Å². The van der Waals surface area contributed by atoms with Gasteiger partial charge in [-0.05, 0) is 73.3 Å². The number of aldehydes is 1. The molecular formula is C22H30O3. The molecule has 0 aliphatic heterocycles. The van der Waals surface area contributed by atoms with E-state index >= 15 is 0 Å². The van der Waals surface area contributed by atoms with Gasteiger partial charge in [0.15, 0.2) is 5.78 Å². The van der Waals surface area contributed by atoms with Crippen LogP contribution in [0.3, 0.4) is 0 Å². The van der Waals surface area contributed by atoms with Gasteiger partial charge in [-0.25, -0.2) is 0 Å². The SMILES string of the molecule is CC(C=O)[C@H]1CC[C@H]2[C@@H]3C(O)CC4=CC(=O)C=C[C@]4(C)[C@H]3CC[C@]12C. The second kappa shape index (κ2) is 5.64. The zero-order valence-electron chi connectivity index (χ0n) is 15.6. The Bertz CT molecular complexity index is 662. The summed E-state index contributed by atoms with van der Waals surface area (Å²) >= 11 is 0. The van der Waals surface area contributed by atoms with Crippen LogP contribution < -0.4 is 0 Å². The first-order valence-electron chi connectivity index (χ1n) is 9.89. The lowest BCUT2D eigenvalue weighted by atomic mass is 9.46. The van der Waals surface area contributed by atoms with Crippen molar-refractivity contribution in [2.75, 3.05) is 0 Å². The summed E-state index contributed by atoms with van der Waals surface area (Å²) in [6, 6.07) is 0. The Morgan fingerprint density at radius 3 is 2.72 bits per heavy atom. The predicted octanol–water partition coefficient (Wildman–Crippen LogP) is 3.72. The van der Waals surface area contributed by atoms with Gasteiger partial charge in [0.25, 0.3) is 0 Å². The molecule has 136 valence electrons. The molecule has 1 N–H and O–H groups in total. The minimum atomic E-state index is -0.362. The summed E-state index contributed by atoms with van der Waals surface area (Å²) in [5.41, 5.74) is 1.19. The van der Waals surface area contributed by atoms with Gasteiger partial charge in [-0.2, -0.15) is 0 Å². The van der Waals surface area contributed by atoms with E-state index in [4.69, 9.17) is 0 Å². The maximum atomic E-state index is 11.8. The highest BCUT2D eigenvalue weighted by Gasteiger charge is 2.61. The van der Waals surface area contributed by atoms with E-state index in [9.17, 15) is 14.7 Å². The maximum absolute atomic E-state index is 11.8. The van der Waals surface area contributed by atoms with Gasteiger partial charge in [0, 0.05) is 11.3 Å². The Morgan fingerprint density at radius 2 is 2.00 bits per heavy atom. The molecule has 3 heteroatoms. The fourth-order valence-corrected chi connectivity index (χ4v) is 7.17. The number of carbonyl (C=O) groups excluding carboxylic acids is 2. The first-order valence-corrected chi connectivity index (χ1v) is 9.89. The molecule has 0 bridgehead atoms. The highest BCUT2D eigenvalue weighted by Crippen LogP contribution is 2.66. The lowest BCUT2D eigenvalue weighted by molar-refractivity contribution is -0.119. The van der Waals surface area contributed by atoms with Gasteiger partial charge >= 0.3 is 0 Å². The molecular weight excluding hydrogens is 312 g/mol. The number of allylic oxidation sites excluding steroid dienone is 3. The van der Waals surface area contributed by atoms with Crippen LogP contribution in [0.5, 0.6) is 0 Å². The minimum Gasteiger partial charge on any atom is -0.392 e. The average molecular weight is 342 g/mol. The van der Waals surface area contributed by atoms with Crippen LogP contribution in [0.15, 0.2) is 23.8 Å². The smallest absolute Gasteiger partial charge is 0.178 e. The summed E-state index contributed by atoms with van der Waals surface area (Å²) in [6.45, 7) is 6.69. The topological polar surface area (TPSA) is 54.4 Å². The van der Waals surface area contributed by atoms with E-state index in [1.54, 1.807) is 12.2 Å². The van der Waals surface area contributed by atoms with E-state index in [0.29, 0.717) is 24.2 Å². The molecule has 8 atom stereocenters. The Kier molecular flexibility index (Phi) is 3.88. The molecule has 3 fully saturated rings. The Hall–Kier alpha value is -1.22. The molecule has 0 aromatic rings. The summed E-state index contributed by atoms with van der Waals surface area (Å²) < 4.78 is 0. The fraction of sp³-hybridized carbons (Fsp3) is 0.727. The van der Waals surface area contributed by atoms with Crippen LogP contribution in [0.25, 0.3) is 0 Å². The zero-order chi connectivity index (χ0) is 18.0. The van der Waals surface area contributed by atoms with Crippen LogP contribution in [0, 0.1) is 40.4 Å². The minimum absolute atomic E-state index is 0.0551. The number of aliphatic hydroxyl groups is 1. The molecule has 3 saturated carbocycles. The quantitative estimate of drug-likeness (QED) is 0.778. The summed E-state index contributed by atoms with van der Waals surface area (Å²) in [4.78, 5) is 23.3. The molecule has 0 saturated heterocycles. The Morgan fingerprint density at radius 1 is 1.24 bits per heavy atom. The van der Waals surface area contributed by atoms with Gasteiger partial charge in [0.2, 0.25) is 0 Å². The first kappa shape index (κ1) is 17.2. The highest BCUT2D eigenvalue weighted by atomic mass is 16.3. The van der Waals surface area contributed by atoms with E-state index in [0.717, 1.165) is 37.5 Å². The van der Waals surface area contributed by atoms with Crippen molar-refractivity contribution in [1.29, 1.82) is 0 Å². The molecule has 0 radical (unpaired) electrons. The summed E-state index contributed by atoms with van der Waals surface area (Å²) in [5.74, 6) is 1.76. The Labute approximate surface area is 150 Å². The second-order valence-electron chi connectivity index (χ2n) is 9.47. The normalized spacial score (nSPS) is 49.7. The van der Waals surface area contributed by atoms with Gasteiger partial charge in [-0.1, -0.05) is 32.4 Å². The van der Waals surface area contributed by atoms with E-state index in [2.05, 4.69) is 26.8 Å². The van der Waals surface area contributed by atoms with Crippen LogP contribution in [0.4, 0.5) is 0 Å². The van der Waals surface area contributed by atoms with Gasteiger partial charge in [-0.15, -0.1) is 0 Å². The molecule has 4 aliphatic carbocycles. The molecule has 0 aromatic carbocycles. The molecule has 3 nitrogen and oxygen atoms in total. The summed E-state index contributed by atoms with van der Waals surface area (Å²) in [6.07, 6.45) is 11.4. The number of rotatable bonds is 2. The lowest BCUT2D eigenvalue weighted by Gasteiger charge is -2.58. The van der Waals surface area contributed by atoms with E-state index < -0.39 is 0 Å². The molecule has 0 aromatic heterocycles. The van der Waals surface area contributed by atoms with Crippen molar-refractivity contribution < 1.29 is 14.7 Å². The Balaban J connectivity index is 1.71. The first-order chi connectivity index (χ1) is 11.8. The molecule has 4 rings (SSSR count). The number of hydrogen-bond donors (Lipinski definition) is 1. The van der Waals surface area contributed by atoms with Crippen LogP contribution in [0.2, 0.25) is 0 Å². The number of ketones is 1. The number of hydrogen-bond acceptors (Lipinski definition) is 3. The van der Waals surface area contributed by atoms with Crippen LogP contribution in [-0.2, 0) is 9.59 Å². The predicted molar refractivity (Wildman–Crippen MR) is 96.7 cm³/mol. The molecule has 25 heavy (non-hydrogen) atoms. The second-order valence-corrected chi connectivity index (χ2v) is 9.47. The van der Waals surface area contributed by atoms with Crippen molar-refractivity contribution >= 4 is 12.1 Å². The third-order valence-electron chi connectivity index (χ3n) is 8.50.